The van der Waals surface area contributed by atoms with E-state index in [1.54, 1.807) is 6.92 Å². The third kappa shape index (κ3) is 5.45. The maximum atomic E-state index is 12.2. The van der Waals surface area contributed by atoms with Crippen LogP contribution in [0.4, 0.5) is 25.1 Å². The topological polar surface area (TPSA) is 63.2 Å². The van der Waals surface area contributed by atoms with E-state index in [4.69, 9.17) is 4.74 Å². The second kappa shape index (κ2) is 7.11. The molecule has 0 saturated carbocycles. The third-order valence-corrected chi connectivity index (χ3v) is 2.28. The highest BCUT2D eigenvalue weighted by Gasteiger charge is 2.27. The molecule has 0 saturated heterocycles. The van der Waals surface area contributed by atoms with Crippen LogP contribution in [0.3, 0.4) is 0 Å². The van der Waals surface area contributed by atoms with Gasteiger partial charge in [0.1, 0.15) is 0 Å². The smallest absolute Gasteiger partial charge is 0.390 e. The Bertz CT molecular complexity index is 403. The van der Waals surface area contributed by atoms with Gasteiger partial charge < -0.3 is 15.0 Å². The van der Waals surface area contributed by atoms with E-state index < -0.39 is 12.6 Å². The van der Waals surface area contributed by atoms with Crippen LogP contribution in [0.25, 0.3) is 0 Å². The highest BCUT2D eigenvalue weighted by molar-refractivity contribution is 5.37. The van der Waals surface area contributed by atoms with Crippen molar-refractivity contribution in [3.63, 3.8) is 0 Å². The molecule has 0 aliphatic rings. The summed E-state index contributed by atoms with van der Waals surface area (Å²) in [5.74, 6) is 0.420. The largest absolute Gasteiger partial charge is 0.464 e. The molecule has 1 N–H and O–H groups in total. The second-order valence-corrected chi connectivity index (χ2v) is 3.99. The van der Waals surface area contributed by atoms with Crippen LogP contribution in [-0.4, -0.2) is 47.9 Å². The van der Waals surface area contributed by atoms with E-state index in [2.05, 4.69) is 20.3 Å². The summed E-state index contributed by atoms with van der Waals surface area (Å²) in [6, 6.07) is 0.0901. The minimum Gasteiger partial charge on any atom is -0.464 e. The van der Waals surface area contributed by atoms with Gasteiger partial charge in [-0.1, -0.05) is 0 Å². The van der Waals surface area contributed by atoms with E-state index in [1.165, 1.54) is 11.9 Å². The Kier molecular flexibility index (Phi) is 5.78. The predicted molar refractivity (Wildman–Crippen MR) is 69.1 cm³/mol. The molecule has 0 fully saturated rings. The Balaban J connectivity index is 2.85. The quantitative estimate of drug-likeness (QED) is 0.830. The summed E-state index contributed by atoms with van der Waals surface area (Å²) in [5, 5.41) is 2.88. The Labute approximate surface area is 115 Å². The highest BCUT2D eigenvalue weighted by Crippen LogP contribution is 2.21. The van der Waals surface area contributed by atoms with Crippen LogP contribution in [0.2, 0.25) is 0 Å². The molecule has 6 nitrogen and oxygen atoms in total. The fourth-order valence-corrected chi connectivity index (χ4v) is 1.34. The number of anilines is 2. The monoisotopic (exact) mass is 293 g/mol. The number of halogens is 3. The lowest BCUT2D eigenvalue weighted by molar-refractivity contribution is -0.132. The molecular weight excluding hydrogens is 275 g/mol. The number of nitrogens with zero attached hydrogens (tertiary/aromatic N) is 4. The minimum absolute atomic E-state index is 0.0901. The summed E-state index contributed by atoms with van der Waals surface area (Å²) in [4.78, 5) is 13.3. The molecule has 1 rings (SSSR count). The van der Waals surface area contributed by atoms with Gasteiger partial charge in [0, 0.05) is 20.1 Å². The molecule has 1 aromatic rings. The van der Waals surface area contributed by atoms with E-state index in [0.717, 1.165) is 0 Å². The fraction of sp³-hybridized carbons (Fsp3) is 0.727. The first-order valence-corrected chi connectivity index (χ1v) is 6.26. The molecule has 0 aliphatic carbocycles. The number of rotatable bonds is 7. The van der Waals surface area contributed by atoms with E-state index in [9.17, 15) is 13.2 Å². The normalized spacial score (nSPS) is 11.3. The summed E-state index contributed by atoms with van der Waals surface area (Å²) < 4.78 is 41.8. The number of aromatic nitrogens is 3. The summed E-state index contributed by atoms with van der Waals surface area (Å²) >= 11 is 0. The van der Waals surface area contributed by atoms with Gasteiger partial charge in [0.25, 0.3) is 0 Å². The van der Waals surface area contributed by atoms with Gasteiger partial charge in [-0.3, -0.25) is 0 Å². The van der Waals surface area contributed by atoms with Crippen molar-refractivity contribution in [1.29, 1.82) is 0 Å². The molecule has 1 aromatic heterocycles. The average molecular weight is 293 g/mol. The molecule has 0 unspecified atom stereocenters. The lowest BCUT2D eigenvalue weighted by Crippen LogP contribution is -2.26. The maximum absolute atomic E-state index is 12.2. The van der Waals surface area contributed by atoms with Crippen molar-refractivity contribution in [2.45, 2.75) is 26.4 Å². The molecule has 114 valence electrons. The van der Waals surface area contributed by atoms with Crippen molar-refractivity contribution in [2.24, 2.45) is 0 Å². The number of hydrogen-bond acceptors (Lipinski definition) is 6. The summed E-state index contributed by atoms with van der Waals surface area (Å²) in [5.41, 5.74) is 0. The van der Waals surface area contributed by atoms with Crippen molar-refractivity contribution in [3.8, 4) is 6.01 Å². The number of ether oxygens (including phenoxy) is 1. The molecule has 0 atom stereocenters. The van der Waals surface area contributed by atoms with Crippen LogP contribution in [0.5, 0.6) is 6.01 Å². The standard InChI is InChI=1S/C11H18F3N5O/c1-4-15-8-16-9(18-10(17-8)20-5-2)19(3)7-6-11(12,13)14/h4-7H2,1-3H3,(H,15,16,17,18). The molecule has 0 aromatic carbocycles. The van der Waals surface area contributed by atoms with Crippen LogP contribution in [0, 0.1) is 0 Å². The van der Waals surface area contributed by atoms with Gasteiger partial charge in [0.15, 0.2) is 0 Å². The predicted octanol–water partition coefficient (Wildman–Crippen LogP) is 2.09. The maximum Gasteiger partial charge on any atom is 0.390 e. The second-order valence-electron chi connectivity index (χ2n) is 3.99. The molecule has 1 heterocycles. The van der Waals surface area contributed by atoms with Crippen LogP contribution in [0.15, 0.2) is 0 Å². The number of alkyl halides is 3. The third-order valence-electron chi connectivity index (χ3n) is 2.28. The molecule has 0 aliphatic heterocycles. The van der Waals surface area contributed by atoms with E-state index >= 15 is 0 Å². The zero-order chi connectivity index (χ0) is 15.2. The number of hydrogen-bond donors (Lipinski definition) is 1. The van der Waals surface area contributed by atoms with Crippen LogP contribution in [0.1, 0.15) is 20.3 Å². The van der Waals surface area contributed by atoms with Crippen LogP contribution < -0.4 is 15.0 Å². The molecule has 0 spiro atoms. The highest BCUT2D eigenvalue weighted by atomic mass is 19.4. The Morgan fingerprint density at radius 3 is 2.45 bits per heavy atom. The van der Waals surface area contributed by atoms with Crippen molar-refractivity contribution in [3.05, 3.63) is 0 Å². The van der Waals surface area contributed by atoms with Crippen molar-refractivity contribution < 1.29 is 17.9 Å². The minimum atomic E-state index is -4.21. The molecule has 9 heteroatoms. The summed E-state index contributed by atoms with van der Waals surface area (Å²) in [7, 11) is 1.49. The summed E-state index contributed by atoms with van der Waals surface area (Å²) in [6.45, 7) is 4.34. The molecule has 0 amide bonds. The van der Waals surface area contributed by atoms with Crippen molar-refractivity contribution >= 4 is 11.9 Å². The first-order valence-electron chi connectivity index (χ1n) is 6.26. The van der Waals surface area contributed by atoms with Crippen LogP contribution in [-0.2, 0) is 0 Å². The van der Waals surface area contributed by atoms with Gasteiger partial charge >= 0.3 is 12.2 Å². The first-order chi connectivity index (χ1) is 9.35. The van der Waals surface area contributed by atoms with Gasteiger partial charge in [-0.05, 0) is 13.8 Å². The van der Waals surface area contributed by atoms with Gasteiger partial charge in [-0.2, -0.15) is 28.1 Å². The Morgan fingerprint density at radius 1 is 1.20 bits per heavy atom. The Morgan fingerprint density at radius 2 is 1.90 bits per heavy atom. The zero-order valence-electron chi connectivity index (χ0n) is 11.7. The summed E-state index contributed by atoms with van der Waals surface area (Å²) in [6.07, 6.45) is -5.15. The zero-order valence-corrected chi connectivity index (χ0v) is 11.7. The van der Waals surface area contributed by atoms with Crippen molar-refractivity contribution in [2.75, 3.05) is 37.0 Å². The lowest BCUT2D eigenvalue weighted by atomic mass is 10.4. The first kappa shape index (κ1) is 16.3. The van der Waals surface area contributed by atoms with E-state index in [0.29, 0.717) is 13.2 Å². The molecule has 0 bridgehead atoms. The van der Waals surface area contributed by atoms with Gasteiger partial charge in [-0.25, -0.2) is 0 Å². The van der Waals surface area contributed by atoms with Gasteiger partial charge in [-0.15, -0.1) is 0 Å². The molecular formula is C11H18F3N5O. The SMILES string of the molecule is CCNc1nc(OCC)nc(N(C)CCC(F)(F)F)n1. The van der Waals surface area contributed by atoms with Crippen LogP contribution >= 0.6 is 0 Å². The number of nitrogens with one attached hydrogen (secondary N) is 1. The van der Waals surface area contributed by atoms with Crippen molar-refractivity contribution in [1.82, 2.24) is 15.0 Å². The molecule has 0 radical (unpaired) electrons. The van der Waals surface area contributed by atoms with Gasteiger partial charge in [0.05, 0.1) is 13.0 Å². The molecule has 20 heavy (non-hydrogen) atoms. The fourth-order valence-electron chi connectivity index (χ4n) is 1.34. The van der Waals surface area contributed by atoms with E-state index in [1.807, 2.05) is 6.92 Å². The Hall–Kier alpha value is -1.80. The van der Waals surface area contributed by atoms with E-state index in [-0.39, 0.29) is 24.5 Å². The lowest BCUT2D eigenvalue weighted by Gasteiger charge is -2.18. The average Bonchev–Trinajstić information content (AvgIpc) is 2.35. The van der Waals surface area contributed by atoms with Gasteiger partial charge in [0.2, 0.25) is 11.9 Å².